The summed E-state index contributed by atoms with van der Waals surface area (Å²) in [7, 11) is 0. The van der Waals surface area contributed by atoms with E-state index in [-0.39, 0.29) is 0 Å². The fraction of sp³-hybridized carbons (Fsp3) is 0.133. The van der Waals surface area contributed by atoms with Crippen molar-refractivity contribution < 1.29 is 9.84 Å². The highest BCUT2D eigenvalue weighted by atomic mass is 16.8. The predicted octanol–water partition coefficient (Wildman–Crippen LogP) is 2.21. The third-order valence-electron chi connectivity index (χ3n) is 4.13. The van der Waals surface area contributed by atoms with Gasteiger partial charge in [0.1, 0.15) is 0 Å². The molecule has 5 rings (SSSR count). The van der Waals surface area contributed by atoms with Crippen LogP contribution >= 0.6 is 0 Å². The van der Waals surface area contributed by atoms with E-state index in [1.165, 1.54) is 0 Å². The minimum atomic E-state index is -1.21. The van der Waals surface area contributed by atoms with Crippen LogP contribution in [0, 0.1) is 0 Å². The van der Waals surface area contributed by atoms with Crippen LogP contribution in [-0.2, 0) is 16.1 Å². The quantitative estimate of drug-likeness (QED) is 0.711. The van der Waals surface area contributed by atoms with Gasteiger partial charge >= 0.3 is 0 Å². The normalized spacial score (nSPS) is 33.3. The number of hydrogen-bond acceptors (Lipinski definition) is 3. The Morgan fingerprint density at radius 3 is 2.56 bits per heavy atom. The van der Waals surface area contributed by atoms with Crippen molar-refractivity contribution in [3.63, 3.8) is 0 Å². The molecule has 86 valence electrons. The van der Waals surface area contributed by atoms with E-state index in [1.807, 2.05) is 48.5 Å². The van der Waals surface area contributed by atoms with Crippen molar-refractivity contribution in [2.24, 2.45) is 4.99 Å². The standard InChI is InChI=1S/C15H9NO2/c17-15-10-6-2-1-5-9(10)13-14(15,18-15)11-7-3-4-8-12(11)16-13/h1-8,17H. The van der Waals surface area contributed by atoms with Gasteiger partial charge in [0.2, 0.25) is 5.79 Å². The molecule has 1 N–H and O–H groups in total. The number of ether oxygens (including phenoxy) is 1. The molecule has 1 fully saturated rings. The lowest BCUT2D eigenvalue weighted by atomic mass is 9.94. The highest BCUT2D eigenvalue weighted by Crippen LogP contribution is 2.70. The highest BCUT2D eigenvalue weighted by Gasteiger charge is 2.81. The fourth-order valence-electron chi connectivity index (χ4n) is 3.32. The van der Waals surface area contributed by atoms with E-state index in [0.717, 1.165) is 28.1 Å². The third kappa shape index (κ3) is 0.684. The van der Waals surface area contributed by atoms with Crippen molar-refractivity contribution >= 4 is 11.4 Å². The Bertz CT molecular complexity index is 752. The molecule has 3 aliphatic rings. The van der Waals surface area contributed by atoms with Gasteiger partial charge in [-0.2, -0.15) is 0 Å². The Morgan fingerprint density at radius 1 is 0.944 bits per heavy atom. The summed E-state index contributed by atoms with van der Waals surface area (Å²) in [5.74, 6) is -1.21. The number of hydrogen-bond donors (Lipinski definition) is 1. The molecule has 2 aromatic carbocycles. The van der Waals surface area contributed by atoms with Gasteiger partial charge in [-0.3, -0.25) is 0 Å². The molecule has 0 saturated carbocycles. The number of epoxide rings is 1. The van der Waals surface area contributed by atoms with Gasteiger partial charge in [-0.05, 0) is 6.07 Å². The van der Waals surface area contributed by atoms with Gasteiger partial charge in [-0.15, -0.1) is 0 Å². The van der Waals surface area contributed by atoms with Gasteiger partial charge in [0.15, 0.2) is 5.60 Å². The molecule has 3 nitrogen and oxygen atoms in total. The molecule has 2 aromatic rings. The van der Waals surface area contributed by atoms with Crippen LogP contribution in [0.25, 0.3) is 0 Å². The average Bonchev–Trinajstić information content (AvgIpc) is 2.81. The molecule has 2 atom stereocenters. The van der Waals surface area contributed by atoms with Crippen molar-refractivity contribution in [3.8, 4) is 0 Å². The molecule has 18 heavy (non-hydrogen) atoms. The molecule has 0 aromatic heterocycles. The van der Waals surface area contributed by atoms with Crippen LogP contribution in [0.2, 0.25) is 0 Å². The maximum atomic E-state index is 10.7. The number of fused-ring (bicyclic) bond motifs is 4. The van der Waals surface area contributed by atoms with Gasteiger partial charge in [-0.25, -0.2) is 4.99 Å². The predicted molar refractivity (Wildman–Crippen MR) is 65.7 cm³/mol. The Morgan fingerprint density at radius 2 is 1.67 bits per heavy atom. The molecular weight excluding hydrogens is 226 g/mol. The van der Waals surface area contributed by atoms with Crippen LogP contribution < -0.4 is 0 Å². The molecule has 1 saturated heterocycles. The zero-order valence-electron chi connectivity index (χ0n) is 9.42. The fourth-order valence-corrected chi connectivity index (χ4v) is 3.32. The summed E-state index contributed by atoms with van der Waals surface area (Å²) in [6, 6.07) is 15.6. The molecule has 1 spiro atoms. The summed E-state index contributed by atoms with van der Waals surface area (Å²) in [6.07, 6.45) is 0. The second kappa shape index (κ2) is 2.41. The SMILES string of the molecule is OC12OC13C(=Nc1ccccc13)c1ccccc12. The Balaban J connectivity index is 1.91. The van der Waals surface area contributed by atoms with E-state index < -0.39 is 11.4 Å². The van der Waals surface area contributed by atoms with Gasteiger partial charge in [0, 0.05) is 16.7 Å². The van der Waals surface area contributed by atoms with Gasteiger partial charge in [-0.1, -0.05) is 42.5 Å². The van der Waals surface area contributed by atoms with Crippen LogP contribution in [0.5, 0.6) is 0 Å². The molecule has 1 aliphatic carbocycles. The average molecular weight is 235 g/mol. The molecule has 3 heteroatoms. The van der Waals surface area contributed by atoms with Crippen molar-refractivity contribution in [2.75, 3.05) is 0 Å². The Kier molecular flexibility index (Phi) is 1.21. The summed E-state index contributed by atoms with van der Waals surface area (Å²) < 4.78 is 5.73. The maximum Gasteiger partial charge on any atom is 0.235 e. The lowest BCUT2D eigenvalue weighted by Crippen LogP contribution is -2.20. The summed E-state index contributed by atoms with van der Waals surface area (Å²) in [6.45, 7) is 0. The number of para-hydroxylation sites is 1. The van der Waals surface area contributed by atoms with E-state index in [2.05, 4.69) is 4.99 Å². The van der Waals surface area contributed by atoms with E-state index in [9.17, 15) is 5.11 Å². The van der Waals surface area contributed by atoms with Crippen LogP contribution in [0.3, 0.4) is 0 Å². The van der Waals surface area contributed by atoms with Crippen molar-refractivity contribution in [2.45, 2.75) is 11.4 Å². The molecule has 0 bridgehead atoms. The first-order chi connectivity index (χ1) is 8.77. The largest absolute Gasteiger partial charge is 0.359 e. The van der Waals surface area contributed by atoms with Gasteiger partial charge < -0.3 is 9.84 Å². The maximum absolute atomic E-state index is 10.7. The molecule has 2 aliphatic heterocycles. The Labute approximate surface area is 103 Å². The zero-order chi connectivity index (χ0) is 12.0. The number of nitrogens with zero attached hydrogens (tertiary/aromatic N) is 1. The lowest BCUT2D eigenvalue weighted by Gasteiger charge is -2.04. The number of aliphatic imine (C=N–C) groups is 1. The third-order valence-corrected chi connectivity index (χ3v) is 4.13. The molecular formula is C15H9NO2. The van der Waals surface area contributed by atoms with E-state index in [1.54, 1.807) is 0 Å². The number of benzene rings is 2. The first-order valence-corrected chi connectivity index (χ1v) is 5.98. The second-order valence-corrected chi connectivity index (χ2v) is 4.95. The molecule has 0 radical (unpaired) electrons. The van der Waals surface area contributed by atoms with E-state index in [0.29, 0.717) is 0 Å². The summed E-state index contributed by atoms with van der Waals surface area (Å²) >= 11 is 0. The smallest absolute Gasteiger partial charge is 0.235 e. The molecule has 2 heterocycles. The van der Waals surface area contributed by atoms with Crippen LogP contribution in [0.4, 0.5) is 5.69 Å². The minimum Gasteiger partial charge on any atom is -0.359 e. The molecule has 0 amide bonds. The first kappa shape index (κ1) is 9.03. The second-order valence-electron chi connectivity index (χ2n) is 4.95. The van der Waals surface area contributed by atoms with Crippen LogP contribution in [0.15, 0.2) is 53.5 Å². The highest BCUT2D eigenvalue weighted by molar-refractivity contribution is 6.18. The van der Waals surface area contributed by atoms with E-state index in [4.69, 9.17) is 4.74 Å². The van der Waals surface area contributed by atoms with E-state index >= 15 is 0 Å². The summed E-state index contributed by atoms with van der Waals surface area (Å²) in [5, 5.41) is 10.7. The van der Waals surface area contributed by atoms with Crippen molar-refractivity contribution in [3.05, 3.63) is 65.2 Å². The minimum absolute atomic E-state index is 0.743. The van der Waals surface area contributed by atoms with Crippen LogP contribution in [-0.4, -0.2) is 10.8 Å². The summed E-state index contributed by atoms with van der Waals surface area (Å²) in [4.78, 5) is 4.65. The topological polar surface area (TPSA) is 45.1 Å². The summed E-state index contributed by atoms with van der Waals surface area (Å²) in [5.41, 5.74) is 3.81. The van der Waals surface area contributed by atoms with Crippen LogP contribution in [0.1, 0.15) is 16.7 Å². The number of rotatable bonds is 0. The lowest BCUT2D eigenvalue weighted by molar-refractivity contribution is 0.0335. The number of aliphatic hydroxyl groups is 1. The van der Waals surface area contributed by atoms with Gasteiger partial charge in [0.25, 0.3) is 0 Å². The van der Waals surface area contributed by atoms with Crippen molar-refractivity contribution in [1.29, 1.82) is 0 Å². The first-order valence-electron chi connectivity index (χ1n) is 5.98. The Hall–Kier alpha value is -1.97. The van der Waals surface area contributed by atoms with Crippen molar-refractivity contribution in [1.82, 2.24) is 0 Å². The zero-order valence-corrected chi connectivity index (χ0v) is 9.42. The molecule has 2 unspecified atom stereocenters. The monoisotopic (exact) mass is 235 g/mol. The van der Waals surface area contributed by atoms with Gasteiger partial charge in [0.05, 0.1) is 11.4 Å².